The summed E-state index contributed by atoms with van der Waals surface area (Å²) in [5.74, 6) is -2.17. The van der Waals surface area contributed by atoms with Crippen LogP contribution in [0.3, 0.4) is 0 Å². The number of primary amides is 1. The molecular formula is C20H20F3N4O4. The lowest BCUT2D eigenvalue weighted by Gasteiger charge is -2.21. The zero-order valence-corrected chi connectivity index (χ0v) is 16.2. The minimum Gasteiger partial charge on any atom is -0.371 e. The first-order valence-electron chi connectivity index (χ1n) is 9.30. The molecule has 1 radical (unpaired) electrons. The zero-order chi connectivity index (χ0) is 22.5. The van der Waals surface area contributed by atoms with E-state index in [0.29, 0.717) is 0 Å². The van der Waals surface area contributed by atoms with Crippen molar-refractivity contribution in [1.82, 2.24) is 9.47 Å². The molecule has 1 aromatic heterocycles. The van der Waals surface area contributed by atoms with Crippen LogP contribution in [-0.2, 0) is 14.3 Å². The summed E-state index contributed by atoms with van der Waals surface area (Å²) in [7, 11) is 0. The fourth-order valence-electron chi connectivity index (χ4n) is 3.24. The number of hydrogen-bond donors (Lipinski definition) is 2. The van der Waals surface area contributed by atoms with E-state index in [-0.39, 0.29) is 30.0 Å². The molecule has 165 valence electrons. The second-order valence-corrected chi connectivity index (χ2v) is 6.85. The summed E-state index contributed by atoms with van der Waals surface area (Å²) in [5, 5.41) is 2.39. The van der Waals surface area contributed by atoms with Crippen molar-refractivity contribution in [2.75, 3.05) is 25.0 Å². The number of nitrogens with two attached hydrogens (primary N) is 1. The molecule has 1 aliphatic heterocycles. The SMILES string of the molecule is NC(=O)C1[CH][C@H](OCC(F)F)CN1CC(=O)Nc1ccc(-n2ccccc2=O)cc1F. The first-order chi connectivity index (χ1) is 14.7. The Morgan fingerprint density at radius 1 is 1.26 bits per heavy atom. The van der Waals surface area contributed by atoms with Gasteiger partial charge in [0.25, 0.3) is 12.0 Å². The molecule has 8 nitrogen and oxygen atoms in total. The number of benzene rings is 1. The minimum absolute atomic E-state index is 0.00604. The number of carbonyl (C=O) groups is 2. The third-order valence-corrected chi connectivity index (χ3v) is 4.61. The van der Waals surface area contributed by atoms with Crippen LogP contribution in [0.25, 0.3) is 5.69 Å². The van der Waals surface area contributed by atoms with Crippen LogP contribution in [0.1, 0.15) is 0 Å². The number of hydrogen-bond acceptors (Lipinski definition) is 5. The summed E-state index contributed by atoms with van der Waals surface area (Å²) in [6, 6.07) is 7.39. The Hall–Kier alpha value is -3.18. The van der Waals surface area contributed by atoms with Gasteiger partial charge < -0.3 is 15.8 Å². The number of nitrogens with one attached hydrogen (secondary N) is 1. The summed E-state index contributed by atoms with van der Waals surface area (Å²) in [5.41, 5.74) is 5.12. The average molecular weight is 437 g/mol. The van der Waals surface area contributed by atoms with Gasteiger partial charge in [0.1, 0.15) is 12.4 Å². The van der Waals surface area contributed by atoms with Crippen LogP contribution in [0.2, 0.25) is 0 Å². The van der Waals surface area contributed by atoms with Gasteiger partial charge in [-0.2, -0.15) is 0 Å². The summed E-state index contributed by atoms with van der Waals surface area (Å²) in [6.45, 7) is -1.14. The van der Waals surface area contributed by atoms with Crippen molar-refractivity contribution < 1.29 is 27.5 Å². The van der Waals surface area contributed by atoms with Gasteiger partial charge in [0.2, 0.25) is 11.8 Å². The van der Waals surface area contributed by atoms with E-state index in [0.717, 1.165) is 6.07 Å². The number of ether oxygens (including phenoxy) is 1. The lowest BCUT2D eigenvalue weighted by atomic mass is 10.2. The molecule has 0 aliphatic carbocycles. The Balaban J connectivity index is 1.65. The number of halogens is 3. The average Bonchev–Trinajstić information content (AvgIpc) is 3.11. The summed E-state index contributed by atoms with van der Waals surface area (Å²) in [4.78, 5) is 37.2. The maximum atomic E-state index is 14.5. The number of aromatic nitrogens is 1. The van der Waals surface area contributed by atoms with Gasteiger partial charge in [-0.05, 0) is 18.2 Å². The molecule has 1 fully saturated rings. The zero-order valence-electron chi connectivity index (χ0n) is 16.2. The van der Waals surface area contributed by atoms with Crippen LogP contribution < -0.4 is 16.6 Å². The maximum absolute atomic E-state index is 14.5. The van der Waals surface area contributed by atoms with E-state index in [1.807, 2.05) is 0 Å². The molecule has 3 N–H and O–H groups in total. The van der Waals surface area contributed by atoms with Crippen molar-refractivity contribution in [2.24, 2.45) is 5.73 Å². The lowest BCUT2D eigenvalue weighted by molar-refractivity contribution is -0.123. The van der Waals surface area contributed by atoms with Crippen LogP contribution in [0.15, 0.2) is 47.4 Å². The third kappa shape index (κ3) is 5.70. The number of nitrogens with zero attached hydrogens (tertiary/aromatic N) is 2. The van der Waals surface area contributed by atoms with Gasteiger partial charge in [-0.3, -0.25) is 23.9 Å². The molecule has 2 amide bonds. The first-order valence-corrected chi connectivity index (χ1v) is 9.30. The molecule has 3 rings (SSSR count). The van der Waals surface area contributed by atoms with Gasteiger partial charge in [0.15, 0.2) is 0 Å². The van der Waals surface area contributed by atoms with Gasteiger partial charge in [-0.15, -0.1) is 0 Å². The van der Waals surface area contributed by atoms with Gasteiger partial charge in [-0.1, -0.05) is 6.07 Å². The summed E-state index contributed by atoms with van der Waals surface area (Å²) < 4.78 is 45.4. The highest BCUT2D eigenvalue weighted by Crippen LogP contribution is 2.21. The molecule has 0 spiro atoms. The van der Waals surface area contributed by atoms with Crippen molar-refractivity contribution >= 4 is 17.5 Å². The van der Waals surface area contributed by atoms with E-state index in [2.05, 4.69) is 5.32 Å². The molecule has 1 aromatic carbocycles. The number of amides is 2. The van der Waals surface area contributed by atoms with Gasteiger partial charge in [0.05, 0.1) is 30.1 Å². The Kier molecular flexibility index (Phi) is 7.08. The topological polar surface area (TPSA) is 107 Å². The van der Waals surface area contributed by atoms with Gasteiger partial charge in [0, 0.05) is 31.3 Å². The number of likely N-dealkylation sites (tertiary alicyclic amines) is 1. The number of alkyl halides is 2. The summed E-state index contributed by atoms with van der Waals surface area (Å²) >= 11 is 0. The van der Waals surface area contributed by atoms with Crippen molar-refractivity contribution in [3.63, 3.8) is 0 Å². The van der Waals surface area contributed by atoms with E-state index in [4.69, 9.17) is 10.5 Å². The summed E-state index contributed by atoms with van der Waals surface area (Å²) in [6.07, 6.45) is -0.629. The van der Waals surface area contributed by atoms with E-state index in [9.17, 15) is 27.6 Å². The van der Waals surface area contributed by atoms with Crippen molar-refractivity contribution in [1.29, 1.82) is 0 Å². The van der Waals surface area contributed by atoms with E-state index in [1.54, 1.807) is 12.1 Å². The second kappa shape index (κ2) is 9.75. The molecule has 1 saturated heterocycles. The minimum atomic E-state index is -2.67. The lowest BCUT2D eigenvalue weighted by Crippen LogP contribution is -2.44. The van der Waals surface area contributed by atoms with Crippen LogP contribution in [-0.4, -0.2) is 59.5 Å². The predicted octanol–water partition coefficient (Wildman–Crippen LogP) is 0.939. The molecule has 2 heterocycles. The predicted molar refractivity (Wildman–Crippen MR) is 105 cm³/mol. The van der Waals surface area contributed by atoms with E-state index in [1.165, 1.54) is 40.3 Å². The monoisotopic (exact) mass is 437 g/mol. The third-order valence-electron chi connectivity index (χ3n) is 4.61. The highest BCUT2D eigenvalue weighted by Gasteiger charge is 2.37. The highest BCUT2D eigenvalue weighted by atomic mass is 19.3. The van der Waals surface area contributed by atoms with E-state index >= 15 is 0 Å². The van der Waals surface area contributed by atoms with E-state index < -0.39 is 42.8 Å². The van der Waals surface area contributed by atoms with Crippen LogP contribution in [0.4, 0.5) is 18.9 Å². The molecule has 11 heteroatoms. The van der Waals surface area contributed by atoms with Crippen molar-refractivity contribution in [3.8, 4) is 5.69 Å². The standard InChI is InChI=1S/C20H20F3N4O4/c21-14-7-12(27-6-2-1-3-19(27)29)4-5-15(14)25-18(28)10-26-9-13(31-11-17(22)23)8-16(26)20(24)30/h1-8,13,16-17H,9-11H2,(H2,24,30)(H,25,28)/t13-,16?/m0/s1. The number of rotatable bonds is 8. The largest absolute Gasteiger partial charge is 0.371 e. The fraction of sp³-hybridized carbons (Fsp3) is 0.300. The second-order valence-electron chi connectivity index (χ2n) is 6.85. The molecule has 0 bridgehead atoms. The molecule has 1 aliphatic rings. The van der Waals surface area contributed by atoms with Crippen LogP contribution in [0.5, 0.6) is 0 Å². The Bertz CT molecular complexity index is 1010. The molecule has 1 unspecified atom stereocenters. The van der Waals surface area contributed by atoms with Crippen molar-refractivity contribution in [2.45, 2.75) is 18.6 Å². The first kappa shape index (κ1) is 22.5. The molecule has 31 heavy (non-hydrogen) atoms. The smallest absolute Gasteiger partial charge is 0.261 e. The van der Waals surface area contributed by atoms with Crippen molar-refractivity contribution in [3.05, 3.63) is 65.2 Å². The van der Waals surface area contributed by atoms with Gasteiger partial charge in [-0.25, -0.2) is 13.2 Å². The number of carbonyl (C=O) groups excluding carboxylic acids is 2. The highest BCUT2D eigenvalue weighted by molar-refractivity contribution is 5.93. The van der Waals surface area contributed by atoms with Crippen LogP contribution in [0, 0.1) is 12.2 Å². The molecule has 0 saturated carbocycles. The normalized spacial score (nSPS) is 19.0. The number of pyridine rings is 1. The fourth-order valence-corrected chi connectivity index (χ4v) is 3.24. The number of anilines is 1. The van der Waals surface area contributed by atoms with Gasteiger partial charge >= 0.3 is 0 Å². The quantitative estimate of drug-likeness (QED) is 0.639. The Labute approximate surface area is 175 Å². The van der Waals surface area contributed by atoms with Crippen LogP contribution >= 0.6 is 0 Å². The Morgan fingerprint density at radius 2 is 2.03 bits per heavy atom. The Morgan fingerprint density at radius 3 is 2.68 bits per heavy atom. The molecule has 2 aromatic rings. The maximum Gasteiger partial charge on any atom is 0.261 e. The molecular weight excluding hydrogens is 417 g/mol. The molecule has 2 atom stereocenters.